The molecule has 3 aromatic rings. The molecule has 0 unspecified atom stereocenters. The first-order valence-corrected chi connectivity index (χ1v) is 10.0. The third-order valence-electron chi connectivity index (χ3n) is 5.92. The topological polar surface area (TPSA) is 160 Å². The minimum atomic E-state index is -1.30. The Morgan fingerprint density at radius 3 is 2.97 bits per heavy atom. The van der Waals surface area contributed by atoms with Crippen molar-refractivity contribution in [2.45, 2.75) is 50.2 Å². The van der Waals surface area contributed by atoms with E-state index in [1.807, 2.05) is 12.3 Å². The van der Waals surface area contributed by atoms with Gasteiger partial charge in [0, 0.05) is 31.1 Å². The Hall–Kier alpha value is -2.77. The fraction of sp³-hybridized carbons (Fsp3) is 0.526. The predicted octanol–water partition coefficient (Wildman–Crippen LogP) is -0.764. The predicted molar refractivity (Wildman–Crippen MR) is 107 cm³/mol. The lowest BCUT2D eigenvalue weighted by atomic mass is 10.1. The Morgan fingerprint density at radius 1 is 1.39 bits per heavy atom. The van der Waals surface area contributed by atoms with Gasteiger partial charge in [-0.1, -0.05) is 0 Å². The largest absolute Gasteiger partial charge is 0.394 e. The van der Waals surface area contributed by atoms with Crippen LogP contribution in [0.25, 0.3) is 11.2 Å². The molecule has 3 aromatic heterocycles. The summed E-state index contributed by atoms with van der Waals surface area (Å²) in [6, 6.07) is 1.95. The van der Waals surface area contributed by atoms with Crippen LogP contribution >= 0.6 is 0 Å². The number of ether oxygens (including phenoxy) is 2. The summed E-state index contributed by atoms with van der Waals surface area (Å²) >= 11 is 0. The first kappa shape index (κ1) is 20.2. The monoisotopic (exact) mass is 432 g/mol. The molecule has 166 valence electrons. The first-order valence-electron chi connectivity index (χ1n) is 10.0. The number of methoxy groups -OCH3 is 1. The van der Waals surface area contributed by atoms with Crippen molar-refractivity contribution in [3.05, 3.63) is 40.2 Å². The zero-order valence-corrected chi connectivity index (χ0v) is 16.8. The molecule has 5 heterocycles. The van der Waals surface area contributed by atoms with Gasteiger partial charge in [0.1, 0.15) is 18.3 Å². The third-order valence-corrected chi connectivity index (χ3v) is 5.92. The van der Waals surface area contributed by atoms with Gasteiger partial charge in [0.25, 0.3) is 5.56 Å². The Balaban J connectivity index is 1.48. The van der Waals surface area contributed by atoms with Crippen molar-refractivity contribution in [3.63, 3.8) is 0 Å². The molecule has 0 aromatic carbocycles. The number of hydrogen-bond donors (Lipinski definition) is 5. The molecule has 12 heteroatoms. The highest BCUT2D eigenvalue weighted by atomic mass is 16.6. The molecule has 0 saturated carbocycles. The van der Waals surface area contributed by atoms with E-state index in [9.17, 15) is 20.1 Å². The van der Waals surface area contributed by atoms with Crippen LogP contribution in [0.2, 0.25) is 0 Å². The Bertz CT molecular complexity index is 1150. The summed E-state index contributed by atoms with van der Waals surface area (Å²) in [5, 5.41) is 33.0. The summed E-state index contributed by atoms with van der Waals surface area (Å²) in [7, 11) is 1.65. The molecule has 0 aliphatic carbocycles. The van der Waals surface area contributed by atoms with Crippen LogP contribution in [0, 0.1) is 0 Å². The van der Waals surface area contributed by atoms with Crippen molar-refractivity contribution >= 4 is 17.1 Å². The van der Waals surface area contributed by atoms with Gasteiger partial charge in [-0.15, -0.1) is 0 Å². The van der Waals surface area contributed by atoms with Crippen LogP contribution in [0.5, 0.6) is 0 Å². The third kappa shape index (κ3) is 3.23. The van der Waals surface area contributed by atoms with E-state index in [4.69, 9.17) is 9.47 Å². The van der Waals surface area contributed by atoms with Gasteiger partial charge >= 0.3 is 0 Å². The molecule has 5 rings (SSSR count). The maximum Gasteiger partial charge on any atom is 0.280 e. The lowest BCUT2D eigenvalue weighted by Gasteiger charge is -2.17. The number of aromatic amines is 1. The SMILES string of the molecule is COCc1ccn2c1[C@@H](Nc1nc3c(ncn3[C@@H]3O[C@H](CO)[C@@H](O)[C@H]3O)c(=O)[nH]1)CC2. The zero-order valence-electron chi connectivity index (χ0n) is 16.8. The molecule has 5 N–H and O–H groups in total. The number of aromatic nitrogens is 5. The van der Waals surface area contributed by atoms with E-state index in [1.165, 1.54) is 10.9 Å². The van der Waals surface area contributed by atoms with Crippen LogP contribution in [-0.2, 0) is 22.6 Å². The minimum absolute atomic E-state index is 0.0639. The number of imidazole rings is 1. The average molecular weight is 432 g/mol. The van der Waals surface area contributed by atoms with Crippen LogP contribution in [0.4, 0.5) is 5.95 Å². The highest BCUT2D eigenvalue weighted by molar-refractivity contribution is 5.71. The summed E-state index contributed by atoms with van der Waals surface area (Å²) in [6.07, 6.45) is -0.378. The number of fused-ring (bicyclic) bond motifs is 2. The number of anilines is 1. The molecule has 0 spiro atoms. The second-order valence-corrected chi connectivity index (χ2v) is 7.81. The molecule has 1 fully saturated rings. The normalized spacial score (nSPS) is 27.8. The number of aliphatic hydroxyl groups excluding tert-OH is 3. The van der Waals surface area contributed by atoms with Crippen LogP contribution < -0.4 is 10.9 Å². The quantitative estimate of drug-likeness (QED) is 0.337. The number of nitrogens with one attached hydrogen (secondary N) is 2. The lowest BCUT2D eigenvalue weighted by Crippen LogP contribution is -2.33. The van der Waals surface area contributed by atoms with Crippen LogP contribution in [0.3, 0.4) is 0 Å². The number of rotatable bonds is 6. The maximum atomic E-state index is 12.6. The number of nitrogens with zero attached hydrogens (tertiary/aromatic N) is 4. The highest BCUT2D eigenvalue weighted by Gasteiger charge is 2.44. The molecule has 12 nitrogen and oxygen atoms in total. The second-order valence-electron chi connectivity index (χ2n) is 7.81. The molecule has 0 radical (unpaired) electrons. The second kappa shape index (κ2) is 7.73. The van der Waals surface area contributed by atoms with Crippen molar-refractivity contribution in [1.82, 2.24) is 24.1 Å². The van der Waals surface area contributed by atoms with E-state index in [0.29, 0.717) is 6.61 Å². The van der Waals surface area contributed by atoms with Gasteiger partial charge in [-0.3, -0.25) is 14.3 Å². The zero-order chi connectivity index (χ0) is 21.7. The van der Waals surface area contributed by atoms with Crippen molar-refractivity contribution < 1.29 is 24.8 Å². The van der Waals surface area contributed by atoms with Crippen LogP contribution in [0.15, 0.2) is 23.4 Å². The molecular weight excluding hydrogens is 408 g/mol. The summed E-state index contributed by atoms with van der Waals surface area (Å²) in [5.74, 6) is 0.258. The Morgan fingerprint density at radius 2 is 2.23 bits per heavy atom. The van der Waals surface area contributed by atoms with Gasteiger partial charge in [-0.05, 0) is 12.5 Å². The van der Waals surface area contributed by atoms with Crippen molar-refractivity contribution in [2.75, 3.05) is 19.0 Å². The standard InChI is InChI=1S/C19H24N6O6/c1-30-7-9-2-4-24-5-3-10(13(9)24)21-19-22-16-12(17(29)23-19)20-8-25(16)18-15(28)14(27)11(6-26)31-18/h2,4,8,10-11,14-15,18,26-28H,3,5-7H2,1H3,(H2,21,22,23,29)/t10-,11+,14+,15+,18+/m0/s1. The number of aliphatic hydroxyl groups is 3. The molecule has 1 saturated heterocycles. The van der Waals surface area contributed by atoms with Crippen molar-refractivity contribution in [2.24, 2.45) is 0 Å². The average Bonchev–Trinajstić information content (AvgIpc) is 3.50. The smallest absolute Gasteiger partial charge is 0.280 e. The summed E-state index contributed by atoms with van der Waals surface area (Å²) < 4.78 is 14.4. The number of aryl methyl sites for hydroxylation is 1. The van der Waals surface area contributed by atoms with Gasteiger partial charge in [0.05, 0.1) is 25.6 Å². The van der Waals surface area contributed by atoms with E-state index >= 15 is 0 Å². The number of H-pyrrole nitrogens is 1. The summed E-state index contributed by atoms with van der Waals surface area (Å²) in [5.41, 5.74) is 1.99. The van der Waals surface area contributed by atoms with E-state index in [0.717, 1.165) is 24.2 Å². The fourth-order valence-electron chi connectivity index (χ4n) is 4.43. The Kier molecular flexibility index (Phi) is 5.02. The summed E-state index contributed by atoms with van der Waals surface area (Å²) in [4.78, 5) is 23.9. The molecule has 31 heavy (non-hydrogen) atoms. The summed E-state index contributed by atoms with van der Waals surface area (Å²) in [6.45, 7) is 0.874. The fourth-order valence-corrected chi connectivity index (χ4v) is 4.43. The van der Waals surface area contributed by atoms with Crippen molar-refractivity contribution in [3.8, 4) is 0 Å². The van der Waals surface area contributed by atoms with Gasteiger partial charge in [0.15, 0.2) is 17.4 Å². The van der Waals surface area contributed by atoms with E-state index in [2.05, 4.69) is 24.8 Å². The van der Waals surface area contributed by atoms with E-state index in [-0.39, 0.29) is 23.2 Å². The molecule has 2 aliphatic heterocycles. The number of hydrogen-bond acceptors (Lipinski definition) is 9. The minimum Gasteiger partial charge on any atom is -0.394 e. The van der Waals surface area contributed by atoms with E-state index < -0.39 is 36.7 Å². The van der Waals surface area contributed by atoms with Gasteiger partial charge in [-0.2, -0.15) is 4.98 Å². The van der Waals surface area contributed by atoms with Crippen LogP contribution in [0.1, 0.15) is 29.9 Å². The molecule has 5 atom stereocenters. The molecular formula is C19H24N6O6. The van der Waals surface area contributed by atoms with Crippen LogP contribution in [-0.4, -0.2) is 71.4 Å². The van der Waals surface area contributed by atoms with Crippen molar-refractivity contribution in [1.29, 1.82) is 0 Å². The van der Waals surface area contributed by atoms with Gasteiger partial charge in [-0.25, -0.2) is 4.98 Å². The molecule has 2 aliphatic rings. The highest BCUT2D eigenvalue weighted by Crippen LogP contribution is 2.33. The maximum absolute atomic E-state index is 12.6. The van der Waals surface area contributed by atoms with E-state index in [1.54, 1.807) is 7.11 Å². The molecule has 0 bridgehead atoms. The van der Waals surface area contributed by atoms with Gasteiger partial charge < -0.3 is 34.7 Å². The first-order chi connectivity index (χ1) is 15.0. The Labute approximate surface area is 176 Å². The molecule has 0 amide bonds. The van der Waals surface area contributed by atoms with Gasteiger partial charge in [0.2, 0.25) is 5.95 Å². The lowest BCUT2D eigenvalue weighted by molar-refractivity contribution is -0.0511.